The Morgan fingerprint density at radius 2 is 2.29 bits per heavy atom. The van der Waals surface area contributed by atoms with Gasteiger partial charge in [-0.3, -0.25) is 0 Å². The van der Waals surface area contributed by atoms with Crippen LogP contribution in [0.5, 0.6) is 0 Å². The number of aliphatic imine (C=N–C) groups is 1. The molecule has 1 saturated heterocycles. The molecule has 0 spiro atoms. The lowest BCUT2D eigenvalue weighted by molar-refractivity contribution is 0.331. The first-order valence-corrected chi connectivity index (χ1v) is 4.89. The Kier molecular flexibility index (Phi) is 1.77. The first-order chi connectivity index (χ1) is 6.92. The molecule has 2 aliphatic rings. The molecule has 0 saturated carbocycles. The van der Waals surface area contributed by atoms with Crippen molar-refractivity contribution in [1.29, 1.82) is 0 Å². The number of rotatable bonds is 2. The number of para-hydroxylation sites is 1. The Morgan fingerprint density at radius 1 is 1.43 bits per heavy atom. The predicted octanol–water partition coefficient (Wildman–Crippen LogP) is 1.56. The van der Waals surface area contributed by atoms with E-state index in [4.69, 9.17) is 4.74 Å². The summed E-state index contributed by atoms with van der Waals surface area (Å²) in [6, 6.07) is 8.27. The average molecular weight is 188 g/mol. The molecule has 1 unspecified atom stereocenters. The fourth-order valence-corrected chi connectivity index (χ4v) is 1.72. The molecule has 0 radical (unpaired) electrons. The molecule has 1 aromatic rings. The highest BCUT2D eigenvalue weighted by Crippen LogP contribution is 2.24. The summed E-state index contributed by atoms with van der Waals surface area (Å²) in [6.07, 6.45) is 2.36. The van der Waals surface area contributed by atoms with Gasteiger partial charge in [-0.2, -0.15) is 0 Å². The topological polar surface area (TPSA) is 28.1 Å². The van der Waals surface area contributed by atoms with Crippen LogP contribution in [0.4, 0.5) is 5.69 Å². The van der Waals surface area contributed by atoms with E-state index in [0.29, 0.717) is 6.10 Å². The molecule has 0 aromatic heterocycles. The van der Waals surface area contributed by atoms with Crippen molar-refractivity contribution in [3.05, 3.63) is 29.8 Å². The number of ether oxygens (including phenoxy) is 1. The maximum atomic E-state index is 5.20. The maximum absolute atomic E-state index is 5.20. The number of fused-ring (bicyclic) bond motifs is 1. The standard InChI is InChI=1S/C11H12N2O/c1-2-4-11-9(3-1)5-13(8-12-11)6-10-7-14-10/h1-4,8,10H,5-7H2. The highest BCUT2D eigenvalue weighted by molar-refractivity contribution is 5.66. The van der Waals surface area contributed by atoms with E-state index in [1.807, 2.05) is 12.4 Å². The van der Waals surface area contributed by atoms with E-state index in [1.54, 1.807) is 0 Å². The second kappa shape index (κ2) is 3.10. The van der Waals surface area contributed by atoms with Crippen molar-refractivity contribution in [2.75, 3.05) is 13.2 Å². The van der Waals surface area contributed by atoms with Crippen molar-refractivity contribution < 1.29 is 4.74 Å². The Labute approximate surface area is 83.0 Å². The van der Waals surface area contributed by atoms with Crippen LogP contribution in [0.3, 0.4) is 0 Å². The Morgan fingerprint density at radius 3 is 3.14 bits per heavy atom. The second-order valence-electron chi connectivity index (χ2n) is 3.76. The molecule has 3 nitrogen and oxygen atoms in total. The largest absolute Gasteiger partial charge is 0.371 e. The van der Waals surface area contributed by atoms with Crippen LogP contribution in [-0.4, -0.2) is 30.5 Å². The van der Waals surface area contributed by atoms with Crippen molar-refractivity contribution >= 4 is 12.0 Å². The third-order valence-electron chi connectivity index (χ3n) is 2.57. The van der Waals surface area contributed by atoms with Gasteiger partial charge < -0.3 is 9.64 Å². The molecule has 2 heterocycles. The fourth-order valence-electron chi connectivity index (χ4n) is 1.72. The lowest BCUT2D eigenvalue weighted by atomic mass is 10.1. The monoisotopic (exact) mass is 188 g/mol. The third kappa shape index (κ3) is 1.51. The first-order valence-electron chi connectivity index (χ1n) is 4.89. The van der Waals surface area contributed by atoms with Crippen LogP contribution in [0.1, 0.15) is 5.56 Å². The van der Waals surface area contributed by atoms with Gasteiger partial charge in [0.2, 0.25) is 0 Å². The molecule has 14 heavy (non-hydrogen) atoms. The smallest absolute Gasteiger partial charge is 0.0984 e. The minimum atomic E-state index is 0.437. The Bertz CT molecular complexity index is 371. The SMILES string of the molecule is C1=Nc2ccccc2CN1CC1CO1. The van der Waals surface area contributed by atoms with Gasteiger partial charge >= 0.3 is 0 Å². The summed E-state index contributed by atoms with van der Waals surface area (Å²) in [4.78, 5) is 6.61. The van der Waals surface area contributed by atoms with E-state index < -0.39 is 0 Å². The minimum Gasteiger partial charge on any atom is -0.371 e. The molecule has 1 atom stereocenters. The molecule has 72 valence electrons. The van der Waals surface area contributed by atoms with Gasteiger partial charge in [-0.15, -0.1) is 0 Å². The van der Waals surface area contributed by atoms with Gasteiger partial charge in [0.25, 0.3) is 0 Å². The van der Waals surface area contributed by atoms with Gasteiger partial charge in [0, 0.05) is 13.1 Å². The molecule has 0 bridgehead atoms. The van der Waals surface area contributed by atoms with E-state index in [9.17, 15) is 0 Å². The Hall–Kier alpha value is -1.35. The summed E-state index contributed by atoms with van der Waals surface area (Å²) in [5.41, 5.74) is 2.40. The maximum Gasteiger partial charge on any atom is 0.0984 e. The van der Waals surface area contributed by atoms with Crippen LogP contribution < -0.4 is 0 Å². The zero-order valence-corrected chi connectivity index (χ0v) is 7.89. The normalized spacial score (nSPS) is 23.4. The average Bonchev–Trinajstić information content (AvgIpc) is 3.02. The zero-order chi connectivity index (χ0) is 9.38. The van der Waals surface area contributed by atoms with Gasteiger partial charge in [-0.05, 0) is 11.6 Å². The lowest BCUT2D eigenvalue weighted by Crippen LogP contribution is -2.27. The van der Waals surface area contributed by atoms with Crippen LogP contribution in [0.2, 0.25) is 0 Å². The van der Waals surface area contributed by atoms with Gasteiger partial charge in [-0.1, -0.05) is 18.2 Å². The molecule has 0 N–H and O–H groups in total. The van der Waals surface area contributed by atoms with E-state index in [0.717, 1.165) is 25.4 Å². The predicted molar refractivity (Wildman–Crippen MR) is 54.7 cm³/mol. The van der Waals surface area contributed by atoms with Crippen molar-refractivity contribution in [3.63, 3.8) is 0 Å². The van der Waals surface area contributed by atoms with E-state index in [-0.39, 0.29) is 0 Å². The number of benzene rings is 1. The van der Waals surface area contributed by atoms with E-state index in [1.165, 1.54) is 5.56 Å². The molecule has 0 aliphatic carbocycles. The van der Waals surface area contributed by atoms with Crippen LogP contribution in [0.25, 0.3) is 0 Å². The van der Waals surface area contributed by atoms with Gasteiger partial charge in [-0.25, -0.2) is 4.99 Å². The van der Waals surface area contributed by atoms with Crippen molar-refractivity contribution in [2.45, 2.75) is 12.6 Å². The highest BCUT2D eigenvalue weighted by atomic mass is 16.6. The molecule has 1 fully saturated rings. The quantitative estimate of drug-likeness (QED) is 0.659. The number of nitrogens with zero attached hydrogens (tertiary/aromatic N) is 2. The van der Waals surface area contributed by atoms with E-state index in [2.05, 4.69) is 28.1 Å². The summed E-state index contributed by atoms with van der Waals surface area (Å²) >= 11 is 0. The molecule has 3 heteroatoms. The minimum absolute atomic E-state index is 0.437. The number of hydrogen-bond donors (Lipinski definition) is 0. The molecular formula is C11H12N2O. The third-order valence-corrected chi connectivity index (χ3v) is 2.57. The van der Waals surface area contributed by atoms with Gasteiger partial charge in [0.05, 0.1) is 24.7 Å². The first kappa shape index (κ1) is 8.00. The van der Waals surface area contributed by atoms with Crippen LogP contribution in [-0.2, 0) is 11.3 Å². The zero-order valence-electron chi connectivity index (χ0n) is 7.89. The number of epoxide rings is 1. The second-order valence-corrected chi connectivity index (χ2v) is 3.76. The van der Waals surface area contributed by atoms with Crippen molar-refractivity contribution in [1.82, 2.24) is 4.90 Å². The van der Waals surface area contributed by atoms with Crippen LogP contribution in [0.15, 0.2) is 29.3 Å². The molecule has 1 aromatic carbocycles. The number of hydrogen-bond acceptors (Lipinski definition) is 3. The van der Waals surface area contributed by atoms with Crippen molar-refractivity contribution in [2.24, 2.45) is 4.99 Å². The summed E-state index contributed by atoms with van der Waals surface area (Å²) < 4.78 is 5.20. The van der Waals surface area contributed by atoms with Crippen molar-refractivity contribution in [3.8, 4) is 0 Å². The van der Waals surface area contributed by atoms with Gasteiger partial charge in [0.1, 0.15) is 0 Å². The molecule has 3 rings (SSSR count). The molecule has 2 aliphatic heterocycles. The van der Waals surface area contributed by atoms with Gasteiger partial charge in [0.15, 0.2) is 0 Å². The van der Waals surface area contributed by atoms with E-state index >= 15 is 0 Å². The molecule has 0 amide bonds. The van der Waals surface area contributed by atoms with Crippen LogP contribution >= 0.6 is 0 Å². The summed E-state index contributed by atoms with van der Waals surface area (Å²) in [5.74, 6) is 0. The molecular weight excluding hydrogens is 176 g/mol. The summed E-state index contributed by atoms with van der Waals surface area (Å²) in [7, 11) is 0. The lowest BCUT2D eigenvalue weighted by Gasteiger charge is -2.23. The fraction of sp³-hybridized carbons (Fsp3) is 0.364. The summed E-state index contributed by atoms with van der Waals surface area (Å²) in [6.45, 7) is 2.84. The van der Waals surface area contributed by atoms with Crippen LogP contribution in [0, 0.1) is 0 Å². The summed E-state index contributed by atoms with van der Waals surface area (Å²) in [5, 5.41) is 0. The highest BCUT2D eigenvalue weighted by Gasteiger charge is 2.25. The Balaban J connectivity index is 1.78.